The molecule has 6 nitrogen and oxygen atoms in total. The monoisotopic (exact) mass is 478 g/mol. The van der Waals surface area contributed by atoms with Gasteiger partial charge in [-0.3, -0.25) is 9.39 Å². The summed E-state index contributed by atoms with van der Waals surface area (Å²) in [5.41, 5.74) is 9.16. The van der Waals surface area contributed by atoms with E-state index in [9.17, 15) is 0 Å². The van der Waals surface area contributed by atoms with Crippen molar-refractivity contribution < 1.29 is 0 Å². The fourth-order valence-corrected chi connectivity index (χ4v) is 2.82. The van der Waals surface area contributed by atoms with Gasteiger partial charge < -0.3 is 11.1 Å². The Morgan fingerprint density at radius 2 is 1.96 bits per heavy atom. The summed E-state index contributed by atoms with van der Waals surface area (Å²) in [4.78, 5) is 4.40. The Morgan fingerprint density at radius 1 is 1.19 bits per heavy atom. The van der Waals surface area contributed by atoms with E-state index in [4.69, 9.17) is 5.73 Å². The Bertz CT molecular complexity index is 872. The largest absolute Gasteiger partial charge is 0.370 e. The molecule has 1 atom stereocenters. The van der Waals surface area contributed by atoms with Crippen molar-refractivity contribution in [2.24, 2.45) is 10.7 Å². The molecule has 27 heavy (non-hydrogen) atoms. The molecule has 3 N–H and O–H groups in total. The average Bonchev–Trinajstić information content (AvgIpc) is 3.08. The third-order valence-electron chi connectivity index (χ3n) is 4.59. The van der Waals surface area contributed by atoms with E-state index in [2.05, 4.69) is 46.5 Å². The van der Waals surface area contributed by atoms with E-state index in [0.717, 1.165) is 36.4 Å². The van der Waals surface area contributed by atoms with Crippen LogP contribution >= 0.6 is 24.0 Å². The van der Waals surface area contributed by atoms with Crippen molar-refractivity contribution in [1.82, 2.24) is 14.6 Å². The molecule has 0 amide bonds. The van der Waals surface area contributed by atoms with Gasteiger partial charge in [0, 0.05) is 24.8 Å². The lowest BCUT2D eigenvalue weighted by molar-refractivity contribution is 0.734. The molecule has 3 aromatic rings. The minimum atomic E-state index is 0. The lowest BCUT2D eigenvalue weighted by Crippen LogP contribution is -2.22. The quantitative estimate of drug-likeness (QED) is 0.231. The molecule has 0 saturated heterocycles. The number of fused-ring (bicyclic) bond motifs is 1. The number of hydrogen-bond acceptors (Lipinski definition) is 3. The summed E-state index contributed by atoms with van der Waals surface area (Å²) >= 11 is 0. The first-order valence-electron chi connectivity index (χ1n) is 9.13. The Hall–Kier alpha value is -2.16. The molecule has 1 aromatic carbocycles. The van der Waals surface area contributed by atoms with Crippen LogP contribution in [0, 0.1) is 0 Å². The molecule has 3 rings (SSSR count). The summed E-state index contributed by atoms with van der Waals surface area (Å²) in [6, 6.07) is 14.3. The van der Waals surface area contributed by atoms with E-state index in [1.165, 1.54) is 5.56 Å². The molecule has 0 radical (unpaired) electrons. The Kier molecular flexibility index (Phi) is 8.02. The summed E-state index contributed by atoms with van der Waals surface area (Å²) in [6.45, 7) is 5.08. The summed E-state index contributed by atoms with van der Waals surface area (Å²) in [6.07, 6.45) is 4.79. The molecule has 144 valence electrons. The van der Waals surface area contributed by atoms with E-state index in [1.807, 2.05) is 40.9 Å². The summed E-state index contributed by atoms with van der Waals surface area (Å²) in [5, 5.41) is 11.5. The number of aliphatic imine (C=N–C) groups is 1. The summed E-state index contributed by atoms with van der Waals surface area (Å²) in [7, 11) is 0. The zero-order chi connectivity index (χ0) is 18.4. The number of rotatable bonds is 7. The highest BCUT2D eigenvalue weighted by atomic mass is 127. The van der Waals surface area contributed by atoms with Gasteiger partial charge in [-0.25, -0.2) is 0 Å². The third kappa shape index (κ3) is 5.66. The van der Waals surface area contributed by atoms with Crippen LogP contribution in [0.5, 0.6) is 0 Å². The average molecular weight is 478 g/mol. The number of hydrogen-bond donors (Lipinski definition) is 2. The van der Waals surface area contributed by atoms with E-state index in [0.29, 0.717) is 18.4 Å². The number of nitrogens with two attached hydrogens (primary N) is 1. The van der Waals surface area contributed by atoms with Gasteiger partial charge in [0.2, 0.25) is 0 Å². The van der Waals surface area contributed by atoms with E-state index >= 15 is 0 Å². The van der Waals surface area contributed by atoms with E-state index < -0.39 is 0 Å². The highest BCUT2D eigenvalue weighted by Crippen LogP contribution is 2.20. The minimum absolute atomic E-state index is 0. The SMILES string of the molecule is CCC(C)c1ccc(NC(N)=NCCCc2nnc3ccccn23)cc1.I. The van der Waals surface area contributed by atoms with Crippen LogP contribution in [-0.2, 0) is 6.42 Å². The Balaban J connectivity index is 0.00000261. The Labute approximate surface area is 177 Å². The third-order valence-corrected chi connectivity index (χ3v) is 4.59. The number of benzene rings is 1. The fraction of sp³-hybridized carbons (Fsp3) is 0.350. The maximum atomic E-state index is 5.99. The number of halogens is 1. The number of guanidine groups is 1. The van der Waals surface area contributed by atoms with Crippen LogP contribution in [0.3, 0.4) is 0 Å². The number of aryl methyl sites for hydroxylation is 1. The first kappa shape index (κ1) is 21.1. The molecule has 1 unspecified atom stereocenters. The fourth-order valence-electron chi connectivity index (χ4n) is 2.82. The second-order valence-electron chi connectivity index (χ2n) is 6.47. The molecule has 0 saturated carbocycles. The first-order chi connectivity index (χ1) is 12.7. The van der Waals surface area contributed by atoms with Crippen LogP contribution in [0.25, 0.3) is 5.65 Å². The van der Waals surface area contributed by atoms with Gasteiger partial charge in [-0.2, -0.15) is 0 Å². The molecule has 0 bridgehead atoms. The van der Waals surface area contributed by atoms with Crippen LogP contribution in [0.2, 0.25) is 0 Å². The number of pyridine rings is 1. The van der Waals surface area contributed by atoms with Gasteiger partial charge in [-0.15, -0.1) is 34.2 Å². The van der Waals surface area contributed by atoms with Crippen LogP contribution in [-0.4, -0.2) is 27.1 Å². The van der Waals surface area contributed by atoms with Gasteiger partial charge in [0.05, 0.1) is 0 Å². The van der Waals surface area contributed by atoms with Crippen molar-refractivity contribution in [1.29, 1.82) is 0 Å². The molecule has 0 spiro atoms. The smallest absolute Gasteiger partial charge is 0.193 e. The summed E-state index contributed by atoms with van der Waals surface area (Å²) < 4.78 is 2.00. The van der Waals surface area contributed by atoms with Crippen molar-refractivity contribution in [2.75, 3.05) is 11.9 Å². The predicted molar refractivity (Wildman–Crippen MR) is 122 cm³/mol. The van der Waals surface area contributed by atoms with Crippen molar-refractivity contribution in [3.63, 3.8) is 0 Å². The van der Waals surface area contributed by atoms with Gasteiger partial charge in [0.1, 0.15) is 5.82 Å². The van der Waals surface area contributed by atoms with Crippen molar-refractivity contribution in [3.8, 4) is 0 Å². The first-order valence-corrected chi connectivity index (χ1v) is 9.13. The predicted octanol–water partition coefficient (Wildman–Crippen LogP) is 4.22. The van der Waals surface area contributed by atoms with Crippen molar-refractivity contribution in [3.05, 3.63) is 60.0 Å². The molecule has 2 aromatic heterocycles. The van der Waals surface area contributed by atoms with E-state index in [-0.39, 0.29) is 24.0 Å². The molecular weight excluding hydrogens is 451 g/mol. The zero-order valence-corrected chi connectivity index (χ0v) is 18.1. The van der Waals surface area contributed by atoms with Gasteiger partial charge in [-0.05, 0) is 48.6 Å². The molecule has 0 aliphatic heterocycles. The zero-order valence-electron chi connectivity index (χ0n) is 15.8. The van der Waals surface area contributed by atoms with Gasteiger partial charge in [-0.1, -0.05) is 32.0 Å². The molecule has 2 heterocycles. The number of anilines is 1. The maximum Gasteiger partial charge on any atom is 0.193 e. The highest BCUT2D eigenvalue weighted by molar-refractivity contribution is 14.0. The van der Waals surface area contributed by atoms with Crippen LogP contribution in [0.1, 0.15) is 44.0 Å². The highest BCUT2D eigenvalue weighted by Gasteiger charge is 2.04. The second kappa shape index (κ2) is 10.2. The normalized spacial score (nSPS) is 12.6. The topological polar surface area (TPSA) is 80.6 Å². The van der Waals surface area contributed by atoms with Crippen LogP contribution in [0.15, 0.2) is 53.7 Å². The lowest BCUT2D eigenvalue weighted by Gasteiger charge is -2.10. The number of nitrogens with one attached hydrogen (secondary N) is 1. The standard InChI is InChI=1S/C20H26N6.HI/c1-3-15(2)16-9-11-17(12-10-16)23-20(21)22-13-6-8-19-25-24-18-7-4-5-14-26(18)19;/h4-5,7,9-12,14-15H,3,6,8,13H2,1-2H3,(H3,21,22,23);1H. The van der Waals surface area contributed by atoms with Gasteiger partial charge >= 0.3 is 0 Å². The number of aromatic nitrogens is 3. The van der Waals surface area contributed by atoms with Crippen molar-refractivity contribution in [2.45, 2.75) is 39.0 Å². The second-order valence-corrected chi connectivity index (χ2v) is 6.47. The molecule has 7 heteroatoms. The summed E-state index contributed by atoms with van der Waals surface area (Å²) in [5.74, 6) is 1.96. The van der Waals surface area contributed by atoms with Crippen molar-refractivity contribution >= 4 is 41.3 Å². The van der Waals surface area contributed by atoms with Gasteiger partial charge in [0.25, 0.3) is 0 Å². The molecule has 0 aliphatic rings. The molecule has 0 aliphatic carbocycles. The minimum Gasteiger partial charge on any atom is -0.370 e. The lowest BCUT2D eigenvalue weighted by atomic mass is 9.99. The maximum absolute atomic E-state index is 5.99. The van der Waals surface area contributed by atoms with Crippen LogP contribution < -0.4 is 11.1 Å². The Morgan fingerprint density at radius 3 is 2.70 bits per heavy atom. The van der Waals surface area contributed by atoms with Crippen LogP contribution in [0.4, 0.5) is 5.69 Å². The molecule has 0 fully saturated rings. The number of nitrogens with zero attached hydrogens (tertiary/aromatic N) is 4. The van der Waals surface area contributed by atoms with Gasteiger partial charge in [0.15, 0.2) is 11.6 Å². The molecular formula is C20H27IN6. The van der Waals surface area contributed by atoms with E-state index in [1.54, 1.807) is 0 Å².